The normalized spacial score (nSPS) is 21.4. The lowest BCUT2D eigenvalue weighted by Crippen LogP contribution is -2.47. The minimum Gasteiger partial charge on any atom is -0.496 e. The molecule has 2 fully saturated rings. The Labute approximate surface area is 156 Å². The van der Waals surface area contributed by atoms with Crippen LogP contribution in [0.1, 0.15) is 36.5 Å². The van der Waals surface area contributed by atoms with Crippen LogP contribution in [0.4, 0.5) is 4.79 Å². The van der Waals surface area contributed by atoms with Gasteiger partial charge >= 0.3 is 6.09 Å². The molecule has 2 aliphatic heterocycles. The standard InChI is InChI=1S/C18H23BrN2O4/c1-3-14-11-21(18(23)25-14)13-6-8-20(9-7-13)17(22)12-4-5-16(24-2)15(19)10-12/h4-5,10,13-14H,3,6-9,11H2,1-2H3. The Morgan fingerprint density at radius 1 is 1.36 bits per heavy atom. The van der Waals surface area contributed by atoms with Crippen molar-refractivity contribution < 1.29 is 19.1 Å². The van der Waals surface area contributed by atoms with E-state index in [0.29, 0.717) is 30.9 Å². The Morgan fingerprint density at radius 2 is 2.08 bits per heavy atom. The molecule has 0 radical (unpaired) electrons. The van der Waals surface area contributed by atoms with Crippen LogP contribution in [0.15, 0.2) is 22.7 Å². The molecule has 3 rings (SSSR count). The number of methoxy groups -OCH3 is 1. The number of hydrogen-bond donors (Lipinski definition) is 0. The zero-order valence-corrected chi connectivity index (χ0v) is 16.1. The smallest absolute Gasteiger partial charge is 0.410 e. The van der Waals surface area contributed by atoms with Crippen LogP contribution in [0.2, 0.25) is 0 Å². The SMILES string of the molecule is CCC1CN(C2CCN(C(=O)c3ccc(OC)c(Br)c3)CC2)C(=O)O1. The molecule has 0 saturated carbocycles. The summed E-state index contributed by atoms with van der Waals surface area (Å²) >= 11 is 3.42. The van der Waals surface area contributed by atoms with Crippen molar-refractivity contribution in [2.24, 2.45) is 0 Å². The van der Waals surface area contributed by atoms with Crippen molar-refractivity contribution in [2.45, 2.75) is 38.3 Å². The Bertz CT molecular complexity index is 658. The van der Waals surface area contributed by atoms with Gasteiger partial charge in [-0.3, -0.25) is 4.79 Å². The Kier molecular flexibility index (Phi) is 5.51. The van der Waals surface area contributed by atoms with Crippen LogP contribution < -0.4 is 4.74 Å². The third-order valence-corrected chi connectivity index (χ3v) is 5.57. The van der Waals surface area contributed by atoms with Gasteiger partial charge in [-0.2, -0.15) is 0 Å². The fourth-order valence-corrected chi connectivity index (χ4v) is 3.96. The second-order valence-corrected chi connectivity index (χ2v) is 7.29. The highest BCUT2D eigenvalue weighted by Crippen LogP contribution is 2.28. The summed E-state index contributed by atoms with van der Waals surface area (Å²) in [4.78, 5) is 28.4. The second kappa shape index (κ2) is 7.64. The van der Waals surface area contributed by atoms with Gasteiger partial charge in [0.2, 0.25) is 0 Å². The summed E-state index contributed by atoms with van der Waals surface area (Å²) in [5.41, 5.74) is 0.637. The highest BCUT2D eigenvalue weighted by molar-refractivity contribution is 9.10. The van der Waals surface area contributed by atoms with Crippen LogP contribution in [0.5, 0.6) is 5.75 Å². The van der Waals surface area contributed by atoms with Crippen molar-refractivity contribution in [3.63, 3.8) is 0 Å². The molecular weight excluding hydrogens is 388 g/mol. The van der Waals surface area contributed by atoms with Gasteiger partial charge in [0.05, 0.1) is 18.1 Å². The third kappa shape index (κ3) is 3.76. The number of likely N-dealkylation sites (tertiary alicyclic amines) is 1. The summed E-state index contributed by atoms with van der Waals surface area (Å²) in [5.74, 6) is 0.713. The predicted octanol–water partition coefficient (Wildman–Crippen LogP) is 3.29. The van der Waals surface area contributed by atoms with E-state index in [1.54, 1.807) is 25.3 Å². The first-order chi connectivity index (χ1) is 12.0. The molecule has 2 amide bonds. The topological polar surface area (TPSA) is 59.1 Å². The van der Waals surface area contributed by atoms with E-state index in [4.69, 9.17) is 9.47 Å². The summed E-state index contributed by atoms with van der Waals surface area (Å²) < 4.78 is 11.3. The van der Waals surface area contributed by atoms with Gasteiger partial charge in [-0.05, 0) is 53.4 Å². The molecule has 0 aromatic heterocycles. The highest BCUT2D eigenvalue weighted by Gasteiger charge is 2.37. The molecule has 7 heteroatoms. The number of carbonyl (C=O) groups is 2. The van der Waals surface area contributed by atoms with Gasteiger partial charge in [0.15, 0.2) is 0 Å². The van der Waals surface area contributed by atoms with Gasteiger partial charge in [-0.1, -0.05) is 6.92 Å². The Hall–Kier alpha value is -1.76. The molecule has 136 valence electrons. The number of amides is 2. The Morgan fingerprint density at radius 3 is 2.64 bits per heavy atom. The summed E-state index contributed by atoms with van der Waals surface area (Å²) in [6.45, 7) is 3.98. The maximum absolute atomic E-state index is 12.7. The predicted molar refractivity (Wildman–Crippen MR) is 96.9 cm³/mol. The zero-order valence-electron chi connectivity index (χ0n) is 14.5. The van der Waals surface area contributed by atoms with Crippen molar-refractivity contribution in [1.29, 1.82) is 0 Å². The number of nitrogens with zero attached hydrogens (tertiary/aromatic N) is 2. The van der Waals surface area contributed by atoms with Gasteiger partial charge in [0.25, 0.3) is 5.91 Å². The molecule has 2 aliphatic rings. The highest BCUT2D eigenvalue weighted by atomic mass is 79.9. The number of piperidine rings is 1. The zero-order chi connectivity index (χ0) is 18.0. The summed E-state index contributed by atoms with van der Waals surface area (Å²) in [6, 6.07) is 5.52. The first-order valence-electron chi connectivity index (χ1n) is 8.63. The molecule has 1 unspecified atom stereocenters. The molecule has 0 N–H and O–H groups in total. The molecule has 2 saturated heterocycles. The minimum absolute atomic E-state index is 0.00353. The van der Waals surface area contributed by atoms with Crippen molar-refractivity contribution in [1.82, 2.24) is 9.80 Å². The summed E-state index contributed by atoms with van der Waals surface area (Å²) in [5, 5.41) is 0. The van der Waals surface area contributed by atoms with Gasteiger partial charge in [-0.25, -0.2) is 4.79 Å². The van der Waals surface area contributed by atoms with E-state index >= 15 is 0 Å². The Balaban J connectivity index is 1.59. The largest absolute Gasteiger partial charge is 0.496 e. The lowest BCUT2D eigenvalue weighted by atomic mass is 10.0. The molecular formula is C18H23BrN2O4. The molecule has 2 heterocycles. The third-order valence-electron chi connectivity index (χ3n) is 4.95. The van der Waals surface area contributed by atoms with Gasteiger partial charge < -0.3 is 19.3 Å². The first-order valence-corrected chi connectivity index (χ1v) is 9.42. The van der Waals surface area contributed by atoms with Crippen LogP contribution in [0, 0.1) is 0 Å². The number of benzene rings is 1. The molecule has 1 aromatic rings. The maximum atomic E-state index is 12.7. The van der Waals surface area contributed by atoms with E-state index < -0.39 is 0 Å². The molecule has 0 aliphatic carbocycles. The van der Waals surface area contributed by atoms with E-state index in [1.165, 1.54) is 0 Å². The number of hydrogen-bond acceptors (Lipinski definition) is 4. The van der Waals surface area contributed by atoms with Gasteiger partial charge in [0, 0.05) is 24.7 Å². The maximum Gasteiger partial charge on any atom is 0.410 e. The van der Waals surface area contributed by atoms with Crippen LogP contribution >= 0.6 is 15.9 Å². The number of cyclic esters (lactones) is 1. The minimum atomic E-state index is -0.212. The van der Waals surface area contributed by atoms with Crippen molar-refractivity contribution in [2.75, 3.05) is 26.7 Å². The molecule has 1 atom stereocenters. The number of carbonyl (C=O) groups excluding carboxylic acids is 2. The van der Waals surface area contributed by atoms with Crippen LogP contribution in [-0.4, -0.2) is 60.7 Å². The monoisotopic (exact) mass is 410 g/mol. The van der Waals surface area contributed by atoms with Crippen molar-refractivity contribution in [3.05, 3.63) is 28.2 Å². The molecule has 6 nitrogen and oxygen atoms in total. The molecule has 25 heavy (non-hydrogen) atoms. The van der Waals surface area contributed by atoms with E-state index in [-0.39, 0.29) is 24.1 Å². The average molecular weight is 411 g/mol. The first kappa shape index (κ1) is 18.0. The summed E-state index contributed by atoms with van der Waals surface area (Å²) in [6.07, 6.45) is 2.20. The van der Waals surface area contributed by atoms with Crippen LogP contribution in [0.25, 0.3) is 0 Å². The van der Waals surface area contributed by atoms with Crippen molar-refractivity contribution in [3.8, 4) is 5.75 Å². The van der Waals surface area contributed by atoms with E-state index in [2.05, 4.69) is 15.9 Å². The van der Waals surface area contributed by atoms with E-state index in [0.717, 1.165) is 23.7 Å². The lowest BCUT2D eigenvalue weighted by molar-refractivity contribution is 0.0658. The molecule has 1 aromatic carbocycles. The second-order valence-electron chi connectivity index (χ2n) is 6.44. The quantitative estimate of drug-likeness (QED) is 0.763. The lowest BCUT2D eigenvalue weighted by Gasteiger charge is -2.35. The molecule has 0 spiro atoms. The van der Waals surface area contributed by atoms with Crippen LogP contribution in [-0.2, 0) is 4.74 Å². The van der Waals surface area contributed by atoms with E-state index in [9.17, 15) is 9.59 Å². The molecule has 0 bridgehead atoms. The van der Waals surface area contributed by atoms with Gasteiger partial charge in [-0.15, -0.1) is 0 Å². The van der Waals surface area contributed by atoms with Crippen molar-refractivity contribution >= 4 is 27.9 Å². The fourth-order valence-electron chi connectivity index (χ4n) is 3.41. The van der Waals surface area contributed by atoms with Crippen LogP contribution in [0.3, 0.4) is 0 Å². The summed E-state index contributed by atoms with van der Waals surface area (Å²) in [7, 11) is 1.60. The average Bonchev–Trinajstić information content (AvgIpc) is 3.02. The van der Waals surface area contributed by atoms with E-state index in [1.807, 2.05) is 16.7 Å². The fraction of sp³-hybridized carbons (Fsp3) is 0.556. The van der Waals surface area contributed by atoms with Gasteiger partial charge in [0.1, 0.15) is 11.9 Å². The number of rotatable bonds is 4. The number of halogens is 1. The number of ether oxygens (including phenoxy) is 2.